The number of pyridine rings is 1. The number of ether oxygens (including phenoxy) is 2. The maximum Gasteiger partial charge on any atom is 0.150 e. The average molecular weight is 338 g/mol. The first-order valence-corrected chi connectivity index (χ1v) is 8.05. The van der Waals surface area contributed by atoms with Gasteiger partial charge in [-0.15, -0.1) is 0 Å². The summed E-state index contributed by atoms with van der Waals surface area (Å²) in [6.45, 7) is 2.74. The Labute approximate surface area is 147 Å². The molecule has 5 nitrogen and oxygen atoms in total. The second-order valence-electron chi connectivity index (χ2n) is 5.31. The predicted molar refractivity (Wildman–Crippen MR) is 100 cm³/mol. The lowest BCUT2D eigenvalue weighted by molar-refractivity contribution is 0.112. The van der Waals surface area contributed by atoms with Crippen molar-refractivity contribution in [3.8, 4) is 11.5 Å². The molecule has 0 atom stereocenters. The molecule has 2 N–H and O–H groups in total. The van der Waals surface area contributed by atoms with E-state index in [9.17, 15) is 4.79 Å². The number of aldehydes is 1. The number of fused-ring (bicyclic) bond motifs is 1. The molecular weight excluding hydrogens is 316 g/mol. The monoisotopic (exact) mass is 338 g/mol. The maximum atomic E-state index is 10.4. The normalized spacial score (nSPS) is 9.84. The zero-order valence-electron chi connectivity index (χ0n) is 14.4. The molecule has 0 saturated carbocycles. The van der Waals surface area contributed by atoms with Crippen LogP contribution in [0.15, 0.2) is 54.6 Å². The molecule has 0 fully saturated rings. The van der Waals surface area contributed by atoms with Crippen molar-refractivity contribution in [1.82, 2.24) is 4.98 Å². The van der Waals surface area contributed by atoms with E-state index in [2.05, 4.69) is 4.98 Å². The molecule has 0 radical (unpaired) electrons. The third-order valence-corrected chi connectivity index (χ3v) is 3.38. The summed E-state index contributed by atoms with van der Waals surface area (Å²) < 4.78 is 10.5. The molecule has 0 bridgehead atoms. The summed E-state index contributed by atoms with van der Waals surface area (Å²) >= 11 is 0. The predicted octanol–water partition coefficient (Wildman–Crippen LogP) is 4.11. The van der Waals surface area contributed by atoms with Gasteiger partial charge in [-0.3, -0.25) is 4.79 Å². The summed E-state index contributed by atoms with van der Waals surface area (Å²) in [6.07, 6.45) is 1.80. The highest BCUT2D eigenvalue weighted by Gasteiger charge is 2.02. The second kappa shape index (κ2) is 9.27. The molecule has 0 saturated heterocycles. The highest BCUT2D eigenvalue weighted by molar-refractivity contribution is 5.86. The van der Waals surface area contributed by atoms with Gasteiger partial charge in [0.15, 0.2) is 0 Å². The smallest absolute Gasteiger partial charge is 0.150 e. The topological polar surface area (TPSA) is 74.4 Å². The Morgan fingerprint density at radius 1 is 1.12 bits per heavy atom. The van der Waals surface area contributed by atoms with Crippen LogP contribution in [0.1, 0.15) is 23.7 Å². The number of carbonyl (C=O) groups is 1. The molecule has 1 heterocycles. The van der Waals surface area contributed by atoms with Crippen LogP contribution in [0.5, 0.6) is 11.5 Å². The summed E-state index contributed by atoms with van der Waals surface area (Å²) in [5.74, 6) is 2.01. The first-order chi connectivity index (χ1) is 12.2. The lowest BCUT2D eigenvalue weighted by Crippen LogP contribution is -1.95. The zero-order chi connectivity index (χ0) is 18.1. The Morgan fingerprint density at radius 2 is 1.92 bits per heavy atom. The fourth-order valence-corrected chi connectivity index (χ4v) is 2.23. The minimum Gasteiger partial charge on any atom is -0.496 e. The number of nitrogens with two attached hydrogens (primary N) is 1. The van der Waals surface area contributed by atoms with Crippen LogP contribution in [0.25, 0.3) is 10.9 Å². The number of para-hydroxylation sites is 1. The molecule has 1 aromatic heterocycles. The first-order valence-electron chi connectivity index (χ1n) is 8.05. The molecule has 25 heavy (non-hydrogen) atoms. The highest BCUT2D eigenvalue weighted by atomic mass is 16.5. The number of nitrogens with zero attached hydrogens (tertiary/aromatic N) is 1. The van der Waals surface area contributed by atoms with Crippen LogP contribution in [0.4, 0.5) is 5.82 Å². The van der Waals surface area contributed by atoms with Crippen LogP contribution >= 0.6 is 0 Å². The number of aromatic nitrogens is 1. The number of hydrogen-bond donors (Lipinski definition) is 1. The molecule has 130 valence electrons. The summed E-state index contributed by atoms with van der Waals surface area (Å²) in [5.41, 5.74) is 7.13. The molecule has 0 aliphatic rings. The average Bonchev–Trinajstić information content (AvgIpc) is 2.66. The molecule has 2 aromatic carbocycles. The largest absolute Gasteiger partial charge is 0.496 e. The molecule has 0 spiro atoms. The fraction of sp³-hybridized carbons (Fsp3) is 0.200. The Morgan fingerprint density at radius 3 is 2.64 bits per heavy atom. The number of nitrogen functional groups attached to an aromatic ring is 1. The van der Waals surface area contributed by atoms with Crippen molar-refractivity contribution in [3.63, 3.8) is 0 Å². The van der Waals surface area contributed by atoms with Crippen LogP contribution in [0, 0.1) is 0 Å². The van der Waals surface area contributed by atoms with Crippen LogP contribution in [0.3, 0.4) is 0 Å². The Bertz CT molecular complexity index is 834. The van der Waals surface area contributed by atoms with Gasteiger partial charge in [-0.1, -0.05) is 31.2 Å². The number of rotatable bonds is 5. The molecule has 3 rings (SSSR count). The summed E-state index contributed by atoms with van der Waals surface area (Å²) in [7, 11) is 1.63. The molecule has 0 aliphatic heterocycles. The molecule has 5 heteroatoms. The van der Waals surface area contributed by atoms with Crippen LogP contribution in [-0.4, -0.2) is 25.0 Å². The van der Waals surface area contributed by atoms with Gasteiger partial charge in [-0.05, 0) is 30.7 Å². The van der Waals surface area contributed by atoms with Crippen molar-refractivity contribution in [3.05, 3.63) is 60.2 Å². The third kappa shape index (κ3) is 5.21. The summed E-state index contributed by atoms with van der Waals surface area (Å²) in [4.78, 5) is 14.6. The van der Waals surface area contributed by atoms with Crippen molar-refractivity contribution in [1.29, 1.82) is 0 Å². The maximum absolute atomic E-state index is 10.4. The van der Waals surface area contributed by atoms with E-state index in [-0.39, 0.29) is 0 Å². The van der Waals surface area contributed by atoms with Gasteiger partial charge in [-0.25, -0.2) is 4.98 Å². The van der Waals surface area contributed by atoms with Crippen molar-refractivity contribution < 1.29 is 14.3 Å². The fourth-order valence-electron chi connectivity index (χ4n) is 2.23. The number of benzene rings is 2. The van der Waals surface area contributed by atoms with Gasteiger partial charge in [-0.2, -0.15) is 0 Å². The lowest BCUT2D eigenvalue weighted by atomic mass is 10.2. The minimum absolute atomic E-state index is 0.482. The van der Waals surface area contributed by atoms with E-state index in [1.54, 1.807) is 25.3 Å². The summed E-state index contributed by atoms with van der Waals surface area (Å²) in [6, 6.07) is 16.6. The SMILES string of the molecule is CCCOc1cccc(C=O)c1.COc1cc(N)nc2ccccc12. The first kappa shape index (κ1) is 18.3. The minimum atomic E-state index is 0.482. The van der Waals surface area contributed by atoms with E-state index in [0.717, 1.165) is 35.1 Å². The molecule has 0 unspecified atom stereocenters. The standard InChI is InChI=1S/C10H10N2O.C10H12O2/c1-13-9-6-10(11)12-8-5-3-2-4-7(8)9;1-2-6-12-10-5-3-4-9(7-10)8-11/h2-6H,1H3,(H2,11,12);3-5,7-8H,2,6H2,1H3. The third-order valence-electron chi connectivity index (χ3n) is 3.38. The Kier molecular flexibility index (Phi) is 6.77. The zero-order valence-corrected chi connectivity index (χ0v) is 14.4. The van der Waals surface area contributed by atoms with Gasteiger partial charge in [0.2, 0.25) is 0 Å². The molecule has 0 amide bonds. The van der Waals surface area contributed by atoms with E-state index < -0.39 is 0 Å². The lowest BCUT2D eigenvalue weighted by Gasteiger charge is -2.05. The number of anilines is 1. The summed E-state index contributed by atoms with van der Waals surface area (Å²) in [5, 5.41) is 0.985. The van der Waals surface area contributed by atoms with E-state index in [4.69, 9.17) is 15.2 Å². The van der Waals surface area contributed by atoms with E-state index in [1.807, 2.05) is 43.3 Å². The van der Waals surface area contributed by atoms with Gasteiger partial charge < -0.3 is 15.2 Å². The van der Waals surface area contributed by atoms with Crippen molar-refractivity contribution >= 4 is 23.0 Å². The van der Waals surface area contributed by atoms with Gasteiger partial charge in [0.05, 0.1) is 19.2 Å². The number of hydrogen-bond acceptors (Lipinski definition) is 5. The second-order valence-corrected chi connectivity index (χ2v) is 5.31. The van der Waals surface area contributed by atoms with Crippen molar-refractivity contribution in [2.75, 3.05) is 19.5 Å². The van der Waals surface area contributed by atoms with Gasteiger partial charge >= 0.3 is 0 Å². The van der Waals surface area contributed by atoms with E-state index >= 15 is 0 Å². The van der Waals surface area contributed by atoms with E-state index in [1.165, 1.54) is 0 Å². The molecule has 3 aromatic rings. The number of methoxy groups -OCH3 is 1. The quantitative estimate of drug-likeness (QED) is 0.709. The van der Waals surface area contributed by atoms with Crippen LogP contribution < -0.4 is 15.2 Å². The van der Waals surface area contributed by atoms with Crippen LogP contribution in [-0.2, 0) is 0 Å². The van der Waals surface area contributed by atoms with Gasteiger partial charge in [0.1, 0.15) is 23.6 Å². The molecular formula is C20H22N2O3. The molecule has 0 aliphatic carbocycles. The van der Waals surface area contributed by atoms with Gasteiger partial charge in [0, 0.05) is 17.0 Å². The van der Waals surface area contributed by atoms with Gasteiger partial charge in [0.25, 0.3) is 0 Å². The Balaban J connectivity index is 0.000000181. The van der Waals surface area contributed by atoms with Crippen molar-refractivity contribution in [2.45, 2.75) is 13.3 Å². The van der Waals surface area contributed by atoms with Crippen molar-refractivity contribution in [2.24, 2.45) is 0 Å². The Hall–Kier alpha value is -3.08. The highest BCUT2D eigenvalue weighted by Crippen LogP contribution is 2.25. The van der Waals surface area contributed by atoms with E-state index in [0.29, 0.717) is 18.0 Å². The van der Waals surface area contributed by atoms with Crippen LogP contribution in [0.2, 0.25) is 0 Å². The number of carbonyl (C=O) groups excluding carboxylic acids is 1.